The molecule has 0 spiro atoms. The molecular weight excluding hydrogens is 505 g/mol. The number of esters is 1. The number of carbonyl (C=O) groups excluding carboxylic acids is 2. The number of hydrogen-bond donors (Lipinski definition) is 1. The Labute approximate surface area is 223 Å². The maximum atomic E-state index is 14.0. The summed E-state index contributed by atoms with van der Waals surface area (Å²) in [7, 11) is 0. The summed E-state index contributed by atoms with van der Waals surface area (Å²) in [5.74, 6) is -1.77. The summed E-state index contributed by atoms with van der Waals surface area (Å²) < 4.78 is 30.7. The van der Waals surface area contributed by atoms with E-state index < -0.39 is 29.2 Å². The normalized spacial score (nSPS) is 14.5. The van der Waals surface area contributed by atoms with E-state index in [1.807, 2.05) is 6.92 Å². The van der Waals surface area contributed by atoms with Crippen molar-refractivity contribution in [3.8, 4) is 11.5 Å². The molecule has 4 aromatic rings. The summed E-state index contributed by atoms with van der Waals surface area (Å²) >= 11 is 0. The van der Waals surface area contributed by atoms with Gasteiger partial charge in [0.25, 0.3) is 5.91 Å². The number of phenolic OH excluding ortho intramolecular Hbond substituents is 1. The first-order chi connectivity index (χ1) is 18.8. The Morgan fingerprint density at radius 3 is 2.54 bits per heavy atom. The first kappa shape index (κ1) is 26.0. The molecule has 39 heavy (non-hydrogen) atoms. The summed E-state index contributed by atoms with van der Waals surface area (Å²) in [4.78, 5) is 41.2. The standard InChI is InChI=1S/C30H26FNO7/c1-3-5-14-38-30(36)17-6-10-20(11-7-17)32-26(18-8-12-22(33)24(15-18)37-4-2)25-27(34)21-16-19(31)9-13-23(21)39-28(25)29(32)35/h6-13,15-16,26,33H,3-5,14H2,1-2H3. The molecule has 1 aromatic heterocycles. The number of halogens is 1. The number of ether oxygens (including phenoxy) is 2. The number of hydrogen-bond acceptors (Lipinski definition) is 7. The average Bonchev–Trinajstić information content (AvgIpc) is 3.23. The van der Waals surface area contributed by atoms with Crippen molar-refractivity contribution in [3.05, 3.63) is 99.2 Å². The second-order valence-electron chi connectivity index (χ2n) is 9.09. The van der Waals surface area contributed by atoms with Crippen LogP contribution in [0.2, 0.25) is 0 Å². The van der Waals surface area contributed by atoms with Crippen molar-refractivity contribution >= 4 is 28.5 Å². The van der Waals surface area contributed by atoms with E-state index in [0.717, 1.165) is 25.0 Å². The van der Waals surface area contributed by atoms with Gasteiger partial charge >= 0.3 is 5.97 Å². The molecule has 1 N–H and O–H groups in total. The molecule has 1 aliphatic rings. The van der Waals surface area contributed by atoms with Gasteiger partial charge in [0.15, 0.2) is 16.9 Å². The van der Waals surface area contributed by atoms with Gasteiger partial charge < -0.3 is 19.0 Å². The van der Waals surface area contributed by atoms with Crippen molar-refractivity contribution < 1.29 is 33.0 Å². The molecule has 200 valence electrons. The molecule has 0 bridgehead atoms. The highest BCUT2D eigenvalue weighted by atomic mass is 19.1. The molecule has 1 amide bonds. The molecule has 0 radical (unpaired) electrons. The van der Waals surface area contributed by atoms with Crippen molar-refractivity contribution in [2.75, 3.05) is 18.1 Å². The topological polar surface area (TPSA) is 106 Å². The molecule has 0 fully saturated rings. The van der Waals surface area contributed by atoms with Crippen LogP contribution in [0.25, 0.3) is 11.0 Å². The Kier molecular flexibility index (Phi) is 7.06. The van der Waals surface area contributed by atoms with E-state index in [-0.39, 0.29) is 40.4 Å². The highest BCUT2D eigenvalue weighted by molar-refractivity contribution is 6.10. The molecular formula is C30H26FNO7. The third-order valence-electron chi connectivity index (χ3n) is 6.54. The third kappa shape index (κ3) is 4.71. The summed E-state index contributed by atoms with van der Waals surface area (Å²) in [5.41, 5.74) is 0.744. The van der Waals surface area contributed by atoms with Crippen molar-refractivity contribution in [2.24, 2.45) is 0 Å². The van der Waals surface area contributed by atoms with Crippen LogP contribution in [0.1, 0.15) is 64.8 Å². The van der Waals surface area contributed by atoms with Crippen molar-refractivity contribution in [2.45, 2.75) is 32.7 Å². The van der Waals surface area contributed by atoms with Crippen LogP contribution in [-0.4, -0.2) is 30.2 Å². The number of phenols is 1. The van der Waals surface area contributed by atoms with Crippen LogP contribution in [-0.2, 0) is 4.74 Å². The quantitative estimate of drug-likeness (QED) is 0.228. The zero-order valence-corrected chi connectivity index (χ0v) is 21.4. The zero-order chi connectivity index (χ0) is 27.7. The molecule has 3 aromatic carbocycles. The number of anilines is 1. The predicted octanol–water partition coefficient (Wildman–Crippen LogP) is 5.74. The number of amides is 1. The van der Waals surface area contributed by atoms with E-state index in [9.17, 15) is 23.9 Å². The van der Waals surface area contributed by atoms with Gasteiger partial charge in [-0.05, 0) is 73.5 Å². The molecule has 9 heteroatoms. The maximum Gasteiger partial charge on any atom is 0.338 e. The van der Waals surface area contributed by atoms with E-state index in [1.54, 1.807) is 43.3 Å². The number of aromatic hydroxyl groups is 1. The summed E-state index contributed by atoms with van der Waals surface area (Å²) in [5, 5.41) is 10.3. The molecule has 2 heterocycles. The summed E-state index contributed by atoms with van der Waals surface area (Å²) in [6.07, 6.45) is 1.64. The Bertz CT molecular complexity index is 1630. The highest BCUT2D eigenvalue weighted by Gasteiger charge is 2.44. The van der Waals surface area contributed by atoms with Crippen LogP contribution in [0.4, 0.5) is 10.1 Å². The van der Waals surface area contributed by atoms with Gasteiger partial charge in [0.1, 0.15) is 11.4 Å². The largest absolute Gasteiger partial charge is 0.504 e. The van der Waals surface area contributed by atoms with Crippen molar-refractivity contribution in [3.63, 3.8) is 0 Å². The lowest BCUT2D eigenvalue weighted by atomic mass is 9.97. The number of rotatable bonds is 8. The lowest BCUT2D eigenvalue weighted by molar-refractivity contribution is 0.0499. The van der Waals surface area contributed by atoms with Crippen LogP contribution in [0, 0.1) is 5.82 Å². The Morgan fingerprint density at radius 1 is 1.05 bits per heavy atom. The van der Waals surface area contributed by atoms with Crippen LogP contribution in [0.15, 0.2) is 69.9 Å². The Hall–Kier alpha value is -4.66. The van der Waals surface area contributed by atoms with Crippen molar-refractivity contribution in [1.82, 2.24) is 0 Å². The number of fused-ring (bicyclic) bond motifs is 2. The van der Waals surface area contributed by atoms with E-state index in [4.69, 9.17) is 13.9 Å². The summed E-state index contributed by atoms with van der Waals surface area (Å²) in [6.45, 7) is 4.35. The van der Waals surface area contributed by atoms with Crippen LogP contribution in [0.3, 0.4) is 0 Å². The molecule has 1 atom stereocenters. The van der Waals surface area contributed by atoms with Crippen LogP contribution in [0.5, 0.6) is 11.5 Å². The van der Waals surface area contributed by atoms with Gasteiger partial charge in [0.05, 0.1) is 35.8 Å². The minimum absolute atomic E-state index is 0.00221. The lowest BCUT2D eigenvalue weighted by Gasteiger charge is -2.26. The van der Waals surface area contributed by atoms with Crippen LogP contribution < -0.4 is 15.1 Å². The van der Waals surface area contributed by atoms with Gasteiger partial charge in [-0.25, -0.2) is 9.18 Å². The highest BCUT2D eigenvalue weighted by Crippen LogP contribution is 2.43. The second kappa shape index (κ2) is 10.6. The summed E-state index contributed by atoms with van der Waals surface area (Å²) in [6, 6.07) is 13.4. The SMILES string of the molecule is CCCCOC(=O)c1ccc(N2C(=O)c3oc4ccc(F)cc4c(=O)c3C2c2ccc(O)c(OCC)c2)cc1. The lowest BCUT2D eigenvalue weighted by Crippen LogP contribution is -2.29. The van der Waals surface area contributed by atoms with E-state index in [0.29, 0.717) is 23.4 Å². The fourth-order valence-electron chi connectivity index (χ4n) is 4.65. The molecule has 1 unspecified atom stereocenters. The molecule has 8 nitrogen and oxygen atoms in total. The molecule has 1 aliphatic heterocycles. The number of carbonyl (C=O) groups is 2. The van der Waals surface area contributed by atoms with Gasteiger partial charge in [-0.2, -0.15) is 0 Å². The smallest absolute Gasteiger partial charge is 0.338 e. The van der Waals surface area contributed by atoms with E-state index in [2.05, 4.69) is 0 Å². The van der Waals surface area contributed by atoms with Gasteiger partial charge in [-0.3, -0.25) is 14.5 Å². The number of benzene rings is 3. The zero-order valence-electron chi connectivity index (χ0n) is 21.4. The fourth-order valence-corrected chi connectivity index (χ4v) is 4.65. The first-order valence-corrected chi connectivity index (χ1v) is 12.7. The number of nitrogens with zero attached hydrogens (tertiary/aromatic N) is 1. The van der Waals surface area contributed by atoms with Crippen LogP contribution >= 0.6 is 0 Å². The molecule has 5 rings (SSSR count). The van der Waals surface area contributed by atoms with Gasteiger partial charge in [0.2, 0.25) is 5.76 Å². The monoisotopic (exact) mass is 531 g/mol. The Balaban J connectivity index is 1.65. The van der Waals surface area contributed by atoms with E-state index >= 15 is 0 Å². The first-order valence-electron chi connectivity index (χ1n) is 12.7. The Morgan fingerprint density at radius 2 is 1.82 bits per heavy atom. The van der Waals surface area contributed by atoms with Gasteiger partial charge in [0, 0.05) is 5.69 Å². The molecule has 0 saturated heterocycles. The average molecular weight is 532 g/mol. The minimum atomic E-state index is -0.974. The van der Waals surface area contributed by atoms with Gasteiger partial charge in [-0.15, -0.1) is 0 Å². The molecule has 0 aliphatic carbocycles. The molecule has 0 saturated carbocycles. The minimum Gasteiger partial charge on any atom is -0.504 e. The second-order valence-corrected chi connectivity index (χ2v) is 9.09. The maximum absolute atomic E-state index is 14.0. The van der Waals surface area contributed by atoms with E-state index in [1.165, 1.54) is 17.0 Å². The number of unbranched alkanes of at least 4 members (excludes halogenated alkanes) is 1. The van der Waals surface area contributed by atoms with Crippen molar-refractivity contribution in [1.29, 1.82) is 0 Å². The van der Waals surface area contributed by atoms with Gasteiger partial charge in [-0.1, -0.05) is 19.4 Å². The third-order valence-corrected chi connectivity index (χ3v) is 6.54. The fraction of sp³-hybridized carbons (Fsp3) is 0.233. The predicted molar refractivity (Wildman–Crippen MR) is 142 cm³/mol.